The summed E-state index contributed by atoms with van der Waals surface area (Å²) in [6.45, 7) is 0. The summed E-state index contributed by atoms with van der Waals surface area (Å²) in [5.74, 6) is -0.539. The molecule has 4 rings (SSSR count). The molecule has 0 N–H and O–H groups in total. The van der Waals surface area contributed by atoms with E-state index in [4.69, 9.17) is 4.84 Å². The van der Waals surface area contributed by atoms with Crippen molar-refractivity contribution in [2.75, 3.05) is 7.05 Å². The van der Waals surface area contributed by atoms with Crippen LogP contribution in [0.1, 0.15) is 19.3 Å². The predicted molar refractivity (Wildman–Crippen MR) is 86.0 cm³/mol. The average Bonchev–Trinajstić information content (AvgIpc) is 3.07. The molecule has 0 aromatic heterocycles. The fraction of sp³-hybridized carbons (Fsp3) is 0.529. The summed E-state index contributed by atoms with van der Waals surface area (Å²) in [6.07, 6.45) is 2.56. The molecule has 3 saturated heterocycles. The summed E-state index contributed by atoms with van der Waals surface area (Å²) < 4.78 is 1.38. The van der Waals surface area contributed by atoms with Crippen molar-refractivity contribution in [2.45, 2.75) is 42.8 Å². The van der Waals surface area contributed by atoms with Gasteiger partial charge >= 0.3 is 142 Å². The molecule has 3 aliphatic heterocycles. The zero-order valence-electron chi connectivity index (χ0n) is 13.1. The molecule has 122 valence electrons. The number of amides is 2. The monoisotopic (exact) mass is 380 g/mol. The van der Waals surface area contributed by atoms with Crippen LogP contribution in [0.2, 0.25) is 5.32 Å². The van der Waals surface area contributed by atoms with Gasteiger partial charge < -0.3 is 0 Å². The van der Waals surface area contributed by atoms with E-state index in [0.29, 0.717) is 21.0 Å². The van der Waals surface area contributed by atoms with Crippen LogP contribution in [0.25, 0.3) is 0 Å². The van der Waals surface area contributed by atoms with E-state index in [2.05, 4.69) is 24.3 Å². The van der Waals surface area contributed by atoms with E-state index < -0.39 is 6.10 Å². The van der Waals surface area contributed by atoms with Gasteiger partial charge in [0.1, 0.15) is 0 Å². The van der Waals surface area contributed by atoms with E-state index >= 15 is 0 Å². The van der Waals surface area contributed by atoms with Crippen molar-refractivity contribution in [2.24, 2.45) is 5.92 Å². The number of fused-ring (bicyclic) bond motifs is 3. The number of rotatable bonds is 3. The van der Waals surface area contributed by atoms with Gasteiger partial charge in [-0.15, -0.1) is 0 Å². The third kappa shape index (κ3) is 2.54. The Balaban J connectivity index is 1.48. The molecule has 0 unspecified atom stereocenters. The van der Waals surface area contributed by atoms with Crippen LogP contribution >= 0.6 is 0 Å². The third-order valence-corrected chi connectivity index (χ3v) is 7.50. The number of hydrogen-bond acceptors (Lipinski definition) is 4. The van der Waals surface area contributed by atoms with Gasteiger partial charge in [0, 0.05) is 0 Å². The van der Waals surface area contributed by atoms with E-state index in [1.807, 2.05) is 11.1 Å². The van der Waals surface area contributed by atoms with Crippen LogP contribution in [0.5, 0.6) is 0 Å². The van der Waals surface area contributed by atoms with E-state index in [-0.39, 0.29) is 23.8 Å². The summed E-state index contributed by atoms with van der Waals surface area (Å²) in [5.41, 5.74) is 0. The second kappa shape index (κ2) is 6.02. The van der Waals surface area contributed by atoms with Crippen molar-refractivity contribution in [1.82, 2.24) is 9.96 Å². The fourth-order valence-corrected chi connectivity index (χ4v) is 6.07. The second-order valence-electron chi connectivity index (χ2n) is 6.42. The van der Waals surface area contributed by atoms with Crippen LogP contribution in [-0.4, -0.2) is 62.0 Å². The Hall–Kier alpha value is -1.20. The van der Waals surface area contributed by atoms with Gasteiger partial charge in [-0.2, -0.15) is 0 Å². The molecule has 0 aliphatic carbocycles. The summed E-state index contributed by atoms with van der Waals surface area (Å²) in [4.78, 5) is 31.7. The Bertz CT molecular complexity index is 624. The summed E-state index contributed by atoms with van der Waals surface area (Å²) in [6, 6.07) is 10.9. The Morgan fingerprint density at radius 3 is 2.74 bits per heavy atom. The average molecular weight is 379 g/mol. The van der Waals surface area contributed by atoms with Gasteiger partial charge in [0.05, 0.1) is 0 Å². The van der Waals surface area contributed by atoms with Crippen molar-refractivity contribution in [3.63, 3.8) is 0 Å². The van der Waals surface area contributed by atoms with Crippen LogP contribution in [0.15, 0.2) is 30.3 Å². The van der Waals surface area contributed by atoms with Crippen LogP contribution < -0.4 is 4.46 Å². The van der Waals surface area contributed by atoms with Crippen molar-refractivity contribution in [1.29, 1.82) is 0 Å². The van der Waals surface area contributed by atoms with Crippen molar-refractivity contribution in [3.05, 3.63) is 30.3 Å². The molecule has 5 nitrogen and oxygen atoms in total. The molecule has 0 saturated carbocycles. The number of benzene rings is 1. The molecule has 3 heterocycles. The molecule has 0 bridgehead atoms. The Labute approximate surface area is 142 Å². The first kappa shape index (κ1) is 15.3. The van der Waals surface area contributed by atoms with Gasteiger partial charge in [-0.05, 0) is 0 Å². The van der Waals surface area contributed by atoms with Crippen molar-refractivity contribution < 1.29 is 14.4 Å². The van der Waals surface area contributed by atoms with E-state index in [9.17, 15) is 9.59 Å². The Kier molecular flexibility index (Phi) is 4.01. The SMILES string of the molecule is CN1C(=O)[C@H]2[C@H](ON3[C@@H](C[Se]c4ccccc4)CCC[C@H]23)C1=O. The standard InChI is InChI=1S/C17H20N2O3Se/c1-18-16(20)14-13-9-5-6-11(19(13)22-15(14)17(18)21)10-23-12-7-3-2-4-8-12/h2-4,7-8,11,13-15H,5-6,9-10H2,1H3/t11-,13-,14-,15+/m1/s1. The quantitative estimate of drug-likeness (QED) is 0.570. The number of imide groups is 1. The molecule has 23 heavy (non-hydrogen) atoms. The summed E-state index contributed by atoms with van der Waals surface area (Å²) in [5, 5.41) is 3.07. The van der Waals surface area contributed by atoms with Crippen molar-refractivity contribution >= 4 is 31.2 Å². The molecule has 0 radical (unpaired) electrons. The first-order valence-electron chi connectivity index (χ1n) is 8.11. The van der Waals surface area contributed by atoms with Crippen LogP contribution in [0, 0.1) is 5.92 Å². The maximum atomic E-state index is 12.3. The van der Waals surface area contributed by atoms with Gasteiger partial charge in [0.25, 0.3) is 0 Å². The fourth-order valence-electron chi connectivity index (χ4n) is 3.87. The van der Waals surface area contributed by atoms with Gasteiger partial charge in [-0.3, -0.25) is 0 Å². The third-order valence-electron chi connectivity index (χ3n) is 5.08. The molecule has 0 spiro atoms. The van der Waals surface area contributed by atoms with E-state index in [1.165, 1.54) is 9.36 Å². The Morgan fingerprint density at radius 1 is 1.17 bits per heavy atom. The minimum atomic E-state index is -0.581. The molecule has 3 aliphatic rings. The Morgan fingerprint density at radius 2 is 1.96 bits per heavy atom. The molecule has 4 atom stereocenters. The normalized spacial score (nSPS) is 33.9. The molecular formula is C17H20N2O3Se. The first-order chi connectivity index (χ1) is 11.2. The van der Waals surface area contributed by atoms with Crippen LogP contribution in [0.3, 0.4) is 0 Å². The predicted octanol–water partition coefficient (Wildman–Crippen LogP) is 0.586. The zero-order valence-corrected chi connectivity index (χ0v) is 14.8. The minimum absolute atomic E-state index is 0.0679. The van der Waals surface area contributed by atoms with Crippen LogP contribution in [0.4, 0.5) is 0 Å². The topological polar surface area (TPSA) is 49.9 Å². The van der Waals surface area contributed by atoms with E-state index in [0.717, 1.165) is 24.6 Å². The van der Waals surface area contributed by atoms with Gasteiger partial charge in [-0.25, -0.2) is 0 Å². The van der Waals surface area contributed by atoms with Crippen LogP contribution in [-0.2, 0) is 14.4 Å². The van der Waals surface area contributed by atoms with Gasteiger partial charge in [0.2, 0.25) is 0 Å². The molecular weight excluding hydrogens is 359 g/mol. The number of carbonyl (C=O) groups is 2. The van der Waals surface area contributed by atoms with Gasteiger partial charge in [-0.1, -0.05) is 0 Å². The molecule has 1 aromatic rings. The summed E-state index contributed by atoms with van der Waals surface area (Å²) >= 11 is 0.389. The molecule has 6 heteroatoms. The number of likely N-dealkylation sites (N-methyl/N-ethyl adjacent to an activating group) is 1. The maximum absolute atomic E-state index is 12.3. The number of nitrogens with zero attached hydrogens (tertiary/aromatic N) is 2. The van der Waals surface area contributed by atoms with Crippen molar-refractivity contribution in [3.8, 4) is 0 Å². The molecule has 1 aromatic carbocycles. The summed E-state index contributed by atoms with van der Waals surface area (Å²) in [7, 11) is 1.56. The zero-order chi connectivity index (χ0) is 16.0. The second-order valence-corrected chi connectivity index (χ2v) is 8.72. The number of piperidine rings is 1. The number of carbonyl (C=O) groups excluding carboxylic acids is 2. The molecule has 3 fully saturated rings. The van der Waals surface area contributed by atoms with E-state index in [1.54, 1.807) is 7.05 Å². The molecule has 2 amide bonds. The number of hydrogen-bond donors (Lipinski definition) is 0. The van der Waals surface area contributed by atoms with Gasteiger partial charge in [0.15, 0.2) is 0 Å². The number of likely N-dealkylation sites (tertiary alicyclic amines) is 1. The number of hydroxylamine groups is 2. The first-order valence-corrected chi connectivity index (χ1v) is 10.2.